The van der Waals surface area contributed by atoms with Crippen molar-refractivity contribution in [3.63, 3.8) is 0 Å². The Hall–Kier alpha value is -3.01. The Morgan fingerprint density at radius 2 is 1.46 bits per heavy atom. The molecule has 0 aliphatic carbocycles. The van der Waals surface area contributed by atoms with E-state index < -0.39 is 11.4 Å². The van der Waals surface area contributed by atoms with Crippen molar-refractivity contribution >= 4 is 5.97 Å². The number of carboxylic acids is 1. The third kappa shape index (κ3) is 3.96. The Labute approximate surface area is 166 Å². The van der Waals surface area contributed by atoms with Crippen molar-refractivity contribution < 1.29 is 9.90 Å². The topological polar surface area (TPSA) is 63.1 Å². The van der Waals surface area contributed by atoms with E-state index in [1.165, 1.54) is 0 Å². The molecule has 0 radical (unpaired) electrons. The molecule has 28 heavy (non-hydrogen) atoms. The molecule has 3 aromatic rings. The van der Waals surface area contributed by atoms with E-state index >= 15 is 0 Å². The number of nitrogens with zero attached hydrogens (tertiary/aromatic N) is 2. The van der Waals surface area contributed by atoms with Crippen LogP contribution in [-0.4, -0.2) is 21.0 Å². The van der Waals surface area contributed by atoms with E-state index in [2.05, 4.69) is 31.8 Å². The van der Waals surface area contributed by atoms with E-state index in [4.69, 9.17) is 4.98 Å². The van der Waals surface area contributed by atoms with Gasteiger partial charge in [0.1, 0.15) is 0 Å². The van der Waals surface area contributed by atoms with Crippen molar-refractivity contribution in [2.45, 2.75) is 45.4 Å². The monoisotopic (exact) mass is 374 g/mol. The molecule has 0 unspecified atom stereocenters. The van der Waals surface area contributed by atoms with Crippen LogP contribution in [0.25, 0.3) is 22.6 Å². The zero-order valence-corrected chi connectivity index (χ0v) is 17.0. The average molecular weight is 374 g/mol. The second-order valence-electron chi connectivity index (χ2n) is 8.60. The zero-order valence-electron chi connectivity index (χ0n) is 17.0. The number of hydrogen-bond donors (Lipinski definition) is 1. The molecular formula is C24H26N2O2. The molecule has 4 heteroatoms. The molecule has 0 amide bonds. The number of carboxylic acid groups (broad SMARTS) is 1. The quantitative estimate of drug-likeness (QED) is 0.658. The fraction of sp³-hybridized carbons (Fsp3) is 0.292. The molecular weight excluding hydrogens is 348 g/mol. The molecule has 0 saturated carbocycles. The van der Waals surface area contributed by atoms with Gasteiger partial charge in [0.15, 0.2) is 0 Å². The molecule has 4 nitrogen and oxygen atoms in total. The molecule has 2 aromatic heterocycles. The summed E-state index contributed by atoms with van der Waals surface area (Å²) in [5.74, 6) is -0.847. The second-order valence-corrected chi connectivity index (χ2v) is 8.60. The smallest absolute Gasteiger partial charge is 0.313 e. The van der Waals surface area contributed by atoms with Crippen LogP contribution in [0.1, 0.15) is 45.7 Å². The van der Waals surface area contributed by atoms with E-state index in [1.807, 2.05) is 48.5 Å². The standard InChI is InChI=1S/C24H26N2O2/c1-23(2,3)17-13-16(14-18(15-17)24(4,5)22(27)28)19-10-8-11-21(26-19)20-9-6-7-12-25-20/h6-15H,1-5H3,(H,27,28). The van der Waals surface area contributed by atoms with Crippen LogP contribution in [0.15, 0.2) is 60.8 Å². The normalized spacial score (nSPS) is 12.0. The summed E-state index contributed by atoms with van der Waals surface area (Å²) < 4.78 is 0. The SMILES string of the molecule is CC(C)(C)c1cc(-c2cccc(-c3ccccn3)n2)cc(C(C)(C)C(=O)O)c1. The fourth-order valence-electron chi connectivity index (χ4n) is 2.95. The van der Waals surface area contributed by atoms with Crippen LogP contribution in [-0.2, 0) is 15.6 Å². The number of hydrogen-bond acceptors (Lipinski definition) is 3. The molecule has 1 N–H and O–H groups in total. The lowest BCUT2D eigenvalue weighted by Crippen LogP contribution is -2.29. The van der Waals surface area contributed by atoms with Crippen LogP contribution in [0.3, 0.4) is 0 Å². The second kappa shape index (κ2) is 7.19. The zero-order chi connectivity index (χ0) is 20.5. The maximum atomic E-state index is 11.8. The van der Waals surface area contributed by atoms with Gasteiger partial charge in [-0.05, 0) is 66.8 Å². The molecule has 0 saturated heterocycles. The van der Waals surface area contributed by atoms with Crippen LogP contribution in [0, 0.1) is 0 Å². The molecule has 0 fully saturated rings. The Bertz CT molecular complexity index is 1000. The summed E-state index contributed by atoms with van der Waals surface area (Å²) in [5.41, 5.74) is 4.06. The van der Waals surface area contributed by atoms with Gasteiger partial charge in [-0.25, -0.2) is 4.98 Å². The van der Waals surface area contributed by atoms with Gasteiger partial charge in [0.2, 0.25) is 0 Å². The van der Waals surface area contributed by atoms with E-state index in [0.717, 1.165) is 33.8 Å². The largest absolute Gasteiger partial charge is 0.481 e. The third-order valence-electron chi connectivity index (χ3n) is 5.03. The number of carbonyl (C=O) groups is 1. The van der Waals surface area contributed by atoms with E-state index in [9.17, 15) is 9.90 Å². The Morgan fingerprint density at radius 1 is 0.821 bits per heavy atom. The minimum Gasteiger partial charge on any atom is -0.481 e. The van der Waals surface area contributed by atoms with E-state index in [1.54, 1.807) is 20.0 Å². The average Bonchev–Trinajstić information content (AvgIpc) is 2.67. The molecule has 144 valence electrons. The first kappa shape index (κ1) is 19.7. The van der Waals surface area contributed by atoms with Crippen LogP contribution in [0.4, 0.5) is 0 Å². The lowest BCUT2D eigenvalue weighted by molar-refractivity contribution is -0.142. The first-order valence-corrected chi connectivity index (χ1v) is 9.37. The predicted octanol–water partition coefficient (Wildman–Crippen LogP) is 5.47. The summed E-state index contributed by atoms with van der Waals surface area (Å²) in [7, 11) is 0. The van der Waals surface area contributed by atoms with Crippen molar-refractivity contribution in [1.29, 1.82) is 0 Å². The van der Waals surface area contributed by atoms with Gasteiger partial charge < -0.3 is 5.11 Å². The Balaban J connectivity index is 2.18. The maximum Gasteiger partial charge on any atom is 0.313 e. The van der Waals surface area contributed by atoms with E-state index in [0.29, 0.717) is 0 Å². The summed E-state index contributed by atoms with van der Waals surface area (Å²) in [4.78, 5) is 21.0. The number of benzene rings is 1. The lowest BCUT2D eigenvalue weighted by Gasteiger charge is -2.26. The molecule has 2 heterocycles. The molecule has 0 aliphatic rings. The Kier molecular flexibility index (Phi) is 5.07. The number of rotatable bonds is 4. The number of aliphatic carboxylic acids is 1. The summed E-state index contributed by atoms with van der Waals surface area (Å²) in [6.45, 7) is 9.85. The van der Waals surface area contributed by atoms with Gasteiger partial charge in [-0.2, -0.15) is 0 Å². The van der Waals surface area contributed by atoms with Gasteiger partial charge in [-0.15, -0.1) is 0 Å². The van der Waals surface area contributed by atoms with Crippen molar-refractivity contribution in [3.8, 4) is 22.6 Å². The van der Waals surface area contributed by atoms with Crippen molar-refractivity contribution in [1.82, 2.24) is 9.97 Å². The van der Waals surface area contributed by atoms with Gasteiger partial charge in [-0.1, -0.05) is 39.0 Å². The first-order chi connectivity index (χ1) is 13.1. The van der Waals surface area contributed by atoms with Crippen molar-refractivity contribution in [3.05, 3.63) is 71.9 Å². The van der Waals surface area contributed by atoms with Crippen LogP contribution < -0.4 is 0 Å². The molecule has 1 aromatic carbocycles. The summed E-state index contributed by atoms with van der Waals surface area (Å²) in [5, 5.41) is 9.72. The maximum absolute atomic E-state index is 11.8. The molecule has 0 atom stereocenters. The Morgan fingerprint density at radius 3 is 2.07 bits per heavy atom. The fourth-order valence-corrected chi connectivity index (χ4v) is 2.95. The van der Waals surface area contributed by atoms with Gasteiger partial charge >= 0.3 is 5.97 Å². The summed E-state index contributed by atoms with van der Waals surface area (Å²) in [6, 6.07) is 17.6. The highest BCUT2D eigenvalue weighted by Gasteiger charge is 2.31. The van der Waals surface area contributed by atoms with Crippen molar-refractivity contribution in [2.24, 2.45) is 0 Å². The van der Waals surface area contributed by atoms with Gasteiger partial charge in [0.25, 0.3) is 0 Å². The van der Waals surface area contributed by atoms with Gasteiger partial charge in [0.05, 0.1) is 22.5 Å². The third-order valence-corrected chi connectivity index (χ3v) is 5.03. The van der Waals surface area contributed by atoms with Crippen molar-refractivity contribution in [2.75, 3.05) is 0 Å². The minimum atomic E-state index is -0.991. The predicted molar refractivity (Wildman–Crippen MR) is 112 cm³/mol. The van der Waals surface area contributed by atoms with Gasteiger partial charge in [-0.3, -0.25) is 9.78 Å². The first-order valence-electron chi connectivity index (χ1n) is 9.37. The number of aromatic nitrogens is 2. The van der Waals surface area contributed by atoms with E-state index in [-0.39, 0.29) is 5.41 Å². The molecule has 0 aliphatic heterocycles. The molecule has 3 rings (SSSR count). The van der Waals surface area contributed by atoms with Gasteiger partial charge in [0, 0.05) is 11.8 Å². The summed E-state index contributed by atoms with van der Waals surface area (Å²) >= 11 is 0. The lowest BCUT2D eigenvalue weighted by atomic mass is 9.78. The number of pyridine rings is 2. The summed E-state index contributed by atoms with van der Waals surface area (Å²) in [6.07, 6.45) is 1.75. The highest BCUT2D eigenvalue weighted by Crippen LogP contribution is 2.34. The minimum absolute atomic E-state index is 0.113. The van der Waals surface area contributed by atoms with Crippen LogP contribution in [0.2, 0.25) is 0 Å². The van der Waals surface area contributed by atoms with Crippen LogP contribution in [0.5, 0.6) is 0 Å². The van der Waals surface area contributed by atoms with Crippen LogP contribution >= 0.6 is 0 Å². The molecule has 0 spiro atoms. The highest BCUT2D eigenvalue weighted by atomic mass is 16.4. The molecule has 0 bridgehead atoms. The highest BCUT2D eigenvalue weighted by molar-refractivity contribution is 5.81.